The van der Waals surface area contributed by atoms with Crippen molar-refractivity contribution in [2.75, 3.05) is 17.6 Å². The van der Waals surface area contributed by atoms with Gasteiger partial charge < -0.3 is 16.4 Å². The van der Waals surface area contributed by atoms with Gasteiger partial charge in [-0.15, -0.1) is 0 Å². The number of carbonyl (C=O) groups is 1. The molecule has 168 valence electrons. The Bertz CT molecular complexity index is 1200. The fraction of sp³-hybridized carbons (Fsp3) is 0.273. The van der Waals surface area contributed by atoms with Crippen molar-refractivity contribution >= 4 is 17.5 Å². The minimum Gasteiger partial charge on any atom is -0.384 e. The topological polar surface area (TPSA) is 115 Å². The van der Waals surface area contributed by atoms with E-state index in [4.69, 9.17) is 5.73 Å². The van der Waals surface area contributed by atoms with Gasteiger partial charge in [-0.05, 0) is 49.6 Å². The van der Waals surface area contributed by atoms with Crippen LogP contribution in [-0.4, -0.2) is 27.0 Å². The monoisotopic (exact) mass is 442 g/mol. The second-order valence-corrected chi connectivity index (χ2v) is 7.32. The van der Waals surface area contributed by atoms with Crippen LogP contribution in [0.3, 0.4) is 0 Å². The molecule has 0 fully saturated rings. The summed E-state index contributed by atoms with van der Waals surface area (Å²) in [5, 5.41) is 5.66. The van der Waals surface area contributed by atoms with Crippen molar-refractivity contribution in [3.05, 3.63) is 81.0 Å². The number of nitrogens with one attached hydrogen (secondary N) is 2. The molecule has 0 bridgehead atoms. The SMILES string of the molecule is Cc1nc(N)ccc1CNC(=O)Cn1c(C)cnc(NCCc2ccc(F)c(F)c2)c1=O. The number of carbonyl (C=O) groups excluding carboxylic acids is 1. The summed E-state index contributed by atoms with van der Waals surface area (Å²) in [6.07, 6.45) is 1.85. The number of benzene rings is 1. The highest BCUT2D eigenvalue weighted by Gasteiger charge is 2.12. The Balaban J connectivity index is 1.61. The smallest absolute Gasteiger partial charge is 0.293 e. The molecule has 0 atom stereocenters. The molecule has 2 aromatic heterocycles. The van der Waals surface area contributed by atoms with Gasteiger partial charge in [0.15, 0.2) is 17.5 Å². The van der Waals surface area contributed by atoms with Crippen LogP contribution in [0, 0.1) is 25.5 Å². The van der Waals surface area contributed by atoms with E-state index in [0.29, 0.717) is 23.5 Å². The summed E-state index contributed by atoms with van der Waals surface area (Å²) in [7, 11) is 0. The molecule has 0 spiro atoms. The van der Waals surface area contributed by atoms with E-state index in [-0.39, 0.29) is 31.4 Å². The van der Waals surface area contributed by atoms with Crippen molar-refractivity contribution in [3.8, 4) is 0 Å². The normalized spacial score (nSPS) is 10.8. The van der Waals surface area contributed by atoms with E-state index in [1.54, 1.807) is 26.0 Å². The van der Waals surface area contributed by atoms with Crippen LogP contribution < -0.4 is 21.9 Å². The van der Waals surface area contributed by atoms with E-state index in [9.17, 15) is 18.4 Å². The summed E-state index contributed by atoms with van der Waals surface area (Å²) in [6, 6.07) is 7.09. The van der Waals surface area contributed by atoms with E-state index in [1.165, 1.54) is 16.8 Å². The Kier molecular flexibility index (Phi) is 7.14. The van der Waals surface area contributed by atoms with Crippen LogP contribution in [0.1, 0.15) is 22.5 Å². The van der Waals surface area contributed by atoms with Crippen molar-refractivity contribution in [1.29, 1.82) is 0 Å². The lowest BCUT2D eigenvalue weighted by Gasteiger charge is -2.13. The van der Waals surface area contributed by atoms with Crippen LogP contribution >= 0.6 is 0 Å². The van der Waals surface area contributed by atoms with Gasteiger partial charge in [-0.25, -0.2) is 18.7 Å². The summed E-state index contributed by atoms with van der Waals surface area (Å²) in [6.45, 7) is 3.85. The van der Waals surface area contributed by atoms with E-state index in [2.05, 4.69) is 20.6 Å². The second-order valence-electron chi connectivity index (χ2n) is 7.32. The van der Waals surface area contributed by atoms with Gasteiger partial charge in [0.1, 0.15) is 12.4 Å². The molecular formula is C22H24F2N6O2. The van der Waals surface area contributed by atoms with Gasteiger partial charge in [0.05, 0.1) is 0 Å². The molecule has 32 heavy (non-hydrogen) atoms. The summed E-state index contributed by atoms with van der Waals surface area (Å²) in [5.74, 6) is -1.70. The molecular weight excluding hydrogens is 418 g/mol. The van der Waals surface area contributed by atoms with Crippen molar-refractivity contribution in [1.82, 2.24) is 19.9 Å². The molecule has 0 aliphatic heterocycles. The van der Waals surface area contributed by atoms with E-state index >= 15 is 0 Å². The molecule has 0 aliphatic carbocycles. The first-order chi connectivity index (χ1) is 15.2. The molecule has 0 saturated carbocycles. The van der Waals surface area contributed by atoms with Gasteiger partial charge in [0.25, 0.3) is 5.56 Å². The standard InChI is InChI=1S/C22H24F2N6O2/c1-13-10-28-21(26-8-7-15-3-5-17(23)18(24)9-15)22(32)30(13)12-20(31)27-11-16-4-6-19(25)29-14(16)2/h3-6,9-10H,7-8,11-12H2,1-2H3,(H2,25,29)(H,26,28)(H,27,31). The number of nitrogens with two attached hydrogens (primary N) is 1. The average molecular weight is 442 g/mol. The first kappa shape index (κ1) is 22.9. The summed E-state index contributed by atoms with van der Waals surface area (Å²) in [4.78, 5) is 33.4. The van der Waals surface area contributed by atoms with Crippen molar-refractivity contribution < 1.29 is 13.6 Å². The van der Waals surface area contributed by atoms with E-state index < -0.39 is 17.2 Å². The quantitative estimate of drug-likeness (QED) is 0.492. The molecule has 0 saturated heterocycles. The Morgan fingerprint density at radius 1 is 1.16 bits per heavy atom. The average Bonchev–Trinajstić information content (AvgIpc) is 2.74. The molecule has 0 aliphatic rings. The number of hydrogen-bond acceptors (Lipinski definition) is 6. The number of aryl methyl sites for hydroxylation is 2. The number of hydrogen-bond donors (Lipinski definition) is 3. The number of amides is 1. The Hall–Kier alpha value is -3.82. The predicted octanol–water partition coefficient (Wildman–Crippen LogP) is 2.09. The number of aromatic nitrogens is 3. The third kappa shape index (κ3) is 5.65. The third-order valence-corrected chi connectivity index (χ3v) is 4.94. The lowest BCUT2D eigenvalue weighted by atomic mass is 10.1. The first-order valence-electron chi connectivity index (χ1n) is 9.97. The highest BCUT2D eigenvalue weighted by Crippen LogP contribution is 2.10. The molecule has 3 rings (SSSR count). The fourth-order valence-electron chi connectivity index (χ4n) is 3.10. The van der Waals surface area contributed by atoms with Gasteiger partial charge in [-0.3, -0.25) is 14.2 Å². The number of anilines is 2. The molecule has 0 radical (unpaired) electrons. The maximum Gasteiger partial charge on any atom is 0.293 e. The molecule has 10 heteroatoms. The van der Waals surface area contributed by atoms with Crippen LogP contribution in [0.5, 0.6) is 0 Å². The zero-order valence-electron chi connectivity index (χ0n) is 17.8. The number of pyridine rings is 1. The van der Waals surface area contributed by atoms with Crippen molar-refractivity contribution in [2.45, 2.75) is 33.4 Å². The van der Waals surface area contributed by atoms with Crippen LogP contribution in [0.4, 0.5) is 20.4 Å². The van der Waals surface area contributed by atoms with Crippen molar-refractivity contribution in [2.24, 2.45) is 0 Å². The maximum absolute atomic E-state index is 13.3. The van der Waals surface area contributed by atoms with Crippen LogP contribution in [0.15, 0.2) is 41.3 Å². The van der Waals surface area contributed by atoms with Crippen LogP contribution in [0.2, 0.25) is 0 Å². The Morgan fingerprint density at radius 2 is 1.94 bits per heavy atom. The summed E-state index contributed by atoms with van der Waals surface area (Å²) >= 11 is 0. The molecule has 8 nitrogen and oxygen atoms in total. The van der Waals surface area contributed by atoms with Gasteiger partial charge in [-0.2, -0.15) is 0 Å². The lowest BCUT2D eigenvalue weighted by molar-refractivity contribution is -0.121. The minimum absolute atomic E-state index is 0.0737. The summed E-state index contributed by atoms with van der Waals surface area (Å²) in [5.41, 5.74) is 7.84. The number of halogens is 2. The largest absolute Gasteiger partial charge is 0.384 e. The maximum atomic E-state index is 13.3. The second kappa shape index (κ2) is 9.99. The number of rotatable bonds is 8. The van der Waals surface area contributed by atoms with E-state index in [0.717, 1.165) is 23.4 Å². The lowest BCUT2D eigenvalue weighted by Crippen LogP contribution is -2.34. The van der Waals surface area contributed by atoms with Crippen LogP contribution in [-0.2, 0) is 24.3 Å². The molecule has 1 amide bonds. The molecule has 3 aromatic rings. The summed E-state index contributed by atoms with van der Waals surface area (Å²) < 4.78 is 27.7. The highest BCUT2D eigenvalue weighted by atomic mass is 19.2. The van der Waals surface area contributed by atoms with Crippen molar-refractivity contribution in [3.63, 3.8) is 0 Å². The number of nitrogen functional groups attached to an aromatic ring is 1. The zero-order chi connectivity index (χ0) is 23.3. The molecule has 4 N–H and O–H groups in total. The Morgan fingerprint density at radius 3 is 2.66 bits per heavy atom. The predicted molar refractivity (Wildman–Crippen MR) is 117 cm³/mol. The fourth-order valence-corrected chi connectivity index (χ4v) is 3.10. The van der Waals surface area contributed by atoms with Gasteiger partial charge >= 0.3 is 0 Å². The van der Waals surface area contributed by atoms with Gasteiger partial charge in [-0.1, -0.05) is 12.1 Å². The van der Waals surface area contributed by atoms with Crippen LogP contribution in [0.25, 0.3) is 0 Å². The minimum atomic E-state index is -0.922. The zero-order valence-corrected chi connectivity index (χ0v) is 17.8. The Labute approximate surface area is 183 Å². The first-order valence-corrected chi connectivity index (χ1v) is 9.97. The highest BCUT2D eigenvalue weighted by molar-refractivity contribution is 5.75. The van der Waals surface area contributed by atoms with Gasteiger partial charge in [0.2, 0.25) is 5.91 Å². The molecule has 0 unspecified atom stereocenters. The van der Waals surface area contributed by atoms with Gasteiger partial charge in [0, 0.05) is 30.7 Å². The third-order valence-electron chi connectivity index (χ3n) is 4.94. The molecule has 2 heterocycles. The number of nitrogens with zero attached hydrogens (tertiary/aromatic N) is 3. The molecule has 1 aromatic carbocycles. The van der Waals surface area contributed by atoms with E-state index in [1.807, 2.05) is 0 Å².